The average Bonchev–Trinajstić information content (AvgIpc) is 3.24. The summed E-state index contributed by atoms with van der Waals surface area (Å²) in [5.74, 6) is 0. The van der Waals surface area contributed by atoms with Crippen LogP contribution in [-0.2, 0) is 27.1 Å². The second kappa shape index (κ2) is 54.9. The maximum atomic E-state index is 12.0. The first-order valence-electron chi connectivity index (χ1n) is 25.4. The molecule has 13 heteroatoms. The van der Waals surface area contributed by atoms with Gasteiger partial charge in [-0.3, -0.25) is 0 Å². The largest absolute Gasteiger partial charge is 3.00 e. The summed E-state index contributed by atoms with van der Waals surface area (Å²) in [6.07, 6.45) is 33.2. The van der Waals surface area contributed by atoms with Crippen LogP contribution in [0.4, 0.5) is 0 Å². The Morgan fingerprint density at radius 3 is 0.492 bits per heavy atom. The Morgan fingerprint density at radius 1 is 0.262 bits per heavy atom. The quantitative estimate of drug-likeness (QED) is 0.0434. The molecule has 0 aliphatic carbocycles. The minimum Gasteiger partial charge on any atom is -0.786 e. The SMILES string of the molecule is CCCCCC(CC)OP([O-])OC(CC)CCCCC.CCCCCC(CC)OP([O-])OC(CC)CCCCC.CCCCCC(CC)OP([O-])OC(CC)CCCCC.[Nd+3]. The molecule has 367 valence electrons. The molecule has 0 rings (SSSR count). The maximum absolute atomic E-state index is 12.0. The van der Waals surface area contributed by atoms with E-state index >= 15 is 0 Å². The van der Waals surface area contributed by atoms with E-state index in [0.717, 1.165) is 116 Å². The molecule has 0 aliphatic rings. The molecule has 0 fully saturated rings. The first-order valence-corrected chi connectivity index (χ1v) is 28.7. The van der Waals surface area contributed by atoms with Gasteiger partial charge in [0, 0.05) is 0 Å². The minimum absolute atomic E-state index is 0. The van der Waals surface area contributed by atoms with Crippen LogP contribution in [0.5, 0.6) is 0 Å². The van der Waals surface area contributed by atoms with Gasteiger partial charge < -0.3 is 41.8 Å². The fraction of sp³-hybridized carbons (Fsp3) is 1.00. The normalized spacial score (nSPS) is 15.8. The van der Waals surface area contributed by atoms with E-state index in [9.17, 15) is 14.7 Å². The van der Waals surface area contributed by atoms with Gasteiger partial charge in [0.05, 0.1) is 62.4 Å². The summed E-state index contributed by atoms with van der Waals surface area (Å²) in [5.41, 5.74) is 0. The van der Waals surface area contributed by atoms with Crippen LogP contribution in [0, 0.1) is 40.8 Å². The fourth-order valence-corrected chi connectivity index (χ4v) is 9.66. The third kappa shape index (κ3) is 48.5. The van der Waals surface area contributed by atoms with Crippen LogP contribution in [-0.4, -0.2) is 36.6 Å². The molecular weight excluding hydrogens is 958 g/mol. The van der Waals surface area contributed by atoms with E-state index in [4.69, 9.17) is 27.1 Å². The molecule has 0 heterocycles. The van der Waals surface area contributed by atoms with E-state index in [1.165, 1.54) is 77.0 Å². The van der Waals surface area contributed by atoms with Gasteiger partial charge in [-0.2, -0.15) is 0 Å². The van der Waals surface area contributed by atoms with Gasteiger partial charge in [0.15, 0.2) is 0 Å². The predicted molar refractivity (Wildman–Crippen MR) is 257 cm³/mol. The standard InChI is InChI=1S/3C16H34O3P.Nd/c3*1-5-9-11-13-15(7-3)18-20(17)19-16(8-4)14-12-10-6-2;/h3*15-16H,5-14H2,1-4H3;/q3*-1;+3. The van der Waals surface area contributed by atoms with Gasteiger partial charge in [0.2, 0.25) is 0 Å². The Hall–Kier alpha value is 2.28. The van der Waals surface area contributed by atoms with Gasteiger partial charge >= 0.3 is 40.8 Å². The number of rotatable bonds is 42. The molecule has 61 heavy (non-hydrogen) atoms. The van der Waals surface area contributed by atoms with Gasteiger partial charge in [0.1, 0.15) is 0 Å². The molecule has 9 nitrogen and oxygen atoms in total. The molecule has 6 unspecified atom stereocenters. The third-order valence-electron chi connectivity index (χ3n) is 10.9. The van der Waals surface area contributed by atoms with E-state index in [0.29, 0.717) is 0 Å². The summed E-state index contributed by atoms with van der Waals surface area (Å²) >= 11 is 0. The van der Waals surface area contributed by atoms with Gasteiger partial charge in [0.25, 0.3) is 0 Å². The zero-order valence-electron chi connectivity index (χ0n) is 42.2. The monoisotopic (exact) mass is 1060 g/mol. The second-order valence-electron chi connectivity index (χ2n) is 16.5. The van der Waals surface area contributed by atoms with Crippen LogP contribution < -0.4 is 14.7 Å². The summed E-state index contributed by atoms with van der Waals surface area (Å²) in [7, 11) is -5.89. The van der Waals surface area contributed by atoms with Crippen molar-refractivity contribution in [1.29, 1.82) is 0 Å². The van der Waals surface area contributed by atoms with Crippen LogP contribution >= 0.6 is 25.8 Å². The van der Waals surface area contributed by atoms with Crippen LogP contribution in [0.25, 0.3) is 0 Å². The van der Waals surface area contributed by atoms with Gasteiger partial charge in [-0.05, 0) is 77.0 Å². The third-order valence-corrected chi connectivity index (χ3v) is 13.7. The zero-order valence-corrected chi connectivity index (χ0v) is 48.1. The summed E-state index contributed by atoms with van der Waals surface area (Å²) < 4.78 is 33.4. The Kier molecular flexibility index (Phi) is 62.8. The van der Waals surface area contributed by atoms with Gasteiger partial charge in [-0.25, -0.2) is 0 Å². The second-order valence-corrected chi connectivity index (χ2v) is 19.1. The smallest absolute Gasteiger partial charge is 0.786 e. The van der Waals surface area contributed by atoms with E-state index in [1.54, 1.807) is 0 Å². The van der Waals surface area contributed by atoms with Crippen molar-refractivity contribution in [2.75, 3.05) is 0 Å². The number of hydrogen-bond acceptors (Lipinski definition) is 9. The molecule has 0 aromatic rings. The summed E-state index contributed by atoms with van der Waals surface area (Å²) in [6, 6.07) is 0. The molecular formula is C48H102NdO9P3. The minimum atomic E-state index is -1.96. The van der Waals surface area contributed by atoms with Crippen molar-refractivity contribution in [2.24, 2.45) is 0 Å². The van der Waals surface area contributed by atoms with Crippen molar-refractivity contribution in [3.8, 4) is 0 Å². The maximum Gasteiger partial charge on any atom is 3.00 e. The first kappa shape index (κ1) is 69.8. The fourth-order valence-electron chi connectivity index (χ4n) is 6.53. The molecule has 0 saturated carbocycles. The average molecular weight is 1060 g/mol. The number of unbranched alkanes of at least 4 members (excludes halogenated alkanes) is 12. The molecule has 0 aromatic carbocycles. The van der Waals surface area contributed by atoms with E-state index in [2.05, 4.69) is 83.1 Å². The van der Waals surface area contributed by atoms with Crippen LogP contribution in [0.15, 0.2) is 0 Å². The molecule has 0 saturated heterocycles. The molecule has 0 spiro atoms. The van der Waals surface area contributed by atoms with E-state index in [1.807, 2.05) is 0 Å². The van der Waals surface area contributed by atoms with Crippen molar-refractivity contribution in [2.45, 2.75) is 312 Å². The summed E-state index contributed by atoms with van der Waals surface area (Å²) in [4.78, 5) is 35.9. The van der Waals surface area contributed by atoms with Crippen LogP contribution in [0.1, 0.15) is 276 Å². The Balaban J connectivity index is -0.000000396. The van der Waals surface area contributed by atoms with Crippen molar-refractivity contribution in [3.05, 3.63) is 0 Å². The molecule has 1 radical (unpaired) electrons. The summed E-state index contributed by atoms with van der Waals surface area (Å²) in [5, 5.41) is 0. The number of hydrogen-bond donors (Lipinski definition) is 0. The van der Waals surface area contributed by atoms with Crippen molar-refractivity contribution in [3.63, 3.8) is 0 Å². The first-order chi connectivity index (χ1) is 29.0. The molecule has 0 N–H and O–H groups in total. The Morgan fingerprint density at radius 2 is 0.393 bits per heavy atom. The van der Waals surface area contributed by atoms with Crippen LogP contribution in [0.2, 0.25) is 0 Å². The Labute approximate surface area is 417 Å². The predicted octanol–water partition coefficient (Wildman–Crippen LogP) is 16.0. The summed E-state index contributed by atoms with van der Waals surface area (Å²) in [6.45, 7) is 25.6. The van der Waals surface area contributed by atoms with Gasteiger partial charge in [-0.1, -0.05) is 199 Å². The Bertz CT molecular complexity index is 654. The molecule has 0 aromatic heterocycles. The van der Waals surface area contributed by atoms with Gasteiger partial charge in [-0.15, -0.1) is 0 Å². The van der Waals surface area contributed by atoms with Crippen molar-refractivity contribution >= 4 is 25.8 Å². The zero-order chi connectivity index (χ0) is 45.7. The van der Waals surface area contributed by atoms with Crippen molar-refractivity contribution < 1.29 is 82.7 Å². The van der Waals surface area contributed by atoms with E-state index < -0.39 is 25.8 Å². The van der Waals surface area contributed by atoms with Crippen molar-refractivity contribution in [1.82, 2.24) is 0 Å². The van der Waals surface area contributed by atoms with E-state index in [-0.39, 0.29) is 77.5 Å². The molecule has 0 aliphatic heterocycles. The molecule has 6 atom stereocenters. The molecule has 0 amide bonds. The molecule has 0 bridgehead atoms. The topological polar surface area (TPSA) is 125 Å². The van der Waals surface area contributed by atoms with Crippen LogP contribution in [0.3, 0.4) is 0 Å².